The Balaban J connectivity index is 1.41. The maximum absolute atomic E-state index is 9.26. The van der Waals surface area contributed by atoms with Crippen LogP contribution in [-0.2, 0) is 19.4 Å². The summed E-state index contributed by atoms with van der Waals surface area (Å²) in [5.74, 6) is 1.73. The fourth-order valence-corrected chi connectivity index (χ4v) is 3.81. The van der Waals surface area contributed by atoms with Crippen LogP contribution in [0.5, 0.6) is 11.5 Å². The SMILES string of the molecule is COc1ccc2c(CCCc3ccc(Nc4ccnc(CO)c4)cc3OC)c[nH]c2c1. The largest absolute Gasteiger partial charge is 0.497 e. The summed E-state index contributed by atoms with van der Waals surface area (Å²) in [6.45, 7) is -0.0816. The van der Waals surface area contributed by atoms with Crippen LogP contribution < -0.4 is 14.8 Å². The topological polar surface area (TPSA) is 79.4 Å². The van der Waals surface area contributed by atoms with Gasteiger partial charge in [0.1, 0.15) is 11.5 Å². The predicted molar refractivity (Wildman–Crippen MR) is 123 cm³/mol. The lowest BCUT2D eigenvalue weighted by atomic mass is 10.0. The molecule has 6 nitrogen and oxygen atoms in total. The molecule has 4 rings (SSSR count). The molecule has 2 aromatic heterocycles. The van der Waals surface area contributed by atoms with Crippen LogP contribution in [0.15, 0.2) is 60.9 Å². The van der Waals surface area contributed by atoms with Gasteiger partial charge in [-0.15, -0.1) is 0 Å². The van der Waals surface area contributed by atoms with Crippen LogP contribution in [0.4, 0.5) is 11.4 Å². The smallest absolute Gasteiger partial charge is 0.124 e. The van der Waals surface area contributed by atoms with Crippen molar-refractivity contribution in [2.75, 3.05) is 19.5 Å². The second-order valence-electron chi connectivity index (χ2n) is 7.42. The number of aliphatic hydroxyl groups excluding tert-OH is 1. The molecule has 0 aliphatic heterocycles. The van der Waals surface area contributed by atoms with E-state index in [9.17, 15) is 5.11 Å². The van der Waals surface area contributed by atoms with Crippen molar-refractivity contribution in [2.24, 2.45) is 0 Å². The summed E-state index contributed by atoms with van der Waals surface area (Å²) in [6.07, 6.45) is 6.70. The van der Waals surface area contributed by atoms with Gasteiger partial charge in [-0.25, -0.2) is 0 Å². The molecule has 0 aliphatic rings. The van der Waals surface area contributed by atoms with E-state index in [-0.39, 0.29) is 6.61 Å². The first kappa shape index (κ1) is 20.8. The summed E-state index contributed by atoms with van der Waals surface area (Å²) in [5, 5.41) is 13.8. The third-order valence-corrected chi connectivity index (χ3v) is 5.42. The average molecular weight is 418 g/mol. The van der Waals surface area contributed by atoms with E-state index in [1.54, 1.807) is 20.4 Å². The molecule has 2 aromatic carbocycles. The molecule has 0 atom stereocenters. The number of H-pyrrole nitrogens is 1. The molecule has 0 saturated heterocycles. The number of aliphatic hydroxyl groups is 1. The minimum Gasteiger partial charge on any atom is -0.497 e. The normalized spacial score (nSPS) is 10.9. The predicted octanol–water partition coefficient (Wildman–Crippen LogP) is 4.99. The molecule has 0 aliphatic carbocycles. The van der Waals surface area contributed by atoms with E-state index >= 15 is 0 Å². The van der Waals surface area contributed by atoms with Crippen molar-refractivity contribution in [1.82, 2.24) is 9.97 Å². The number of aromatic amines is 1. The molecule has 4 aromatic rings. The van der Waals surface area contributed by atoms with Gasteiger partial charge in [-0.05, 0) is 60.7 Å². The van der Waals surface area contributed by atoms with Gasteiger partial charge in [0.25, 0.3) is 0 Å². The lowest BCUT2D eigenvalue weighted by Gasteiger charge is -2.13. The number of hydrogen-bond acceptors (Lipinski definition) is 5. The van der Waals surface area contributed by atoms with Crippen LogP contribution in [0.25, 0.3) is 10.9 Å². The van der Waals surface area contributed by atoms with Gasteiger partial charge in [-0.2, -0.15) is 0 Å². The van der Waals surface area contributed by atoms with Crippen molar-refractivity contribution in [1.29, 1.82) is 0 Å². The Morgan fingerprint density at radius 3 is 2.58 bits per heavy atom. The van der Waals surface area contributed by atoms with Gasteiger partial charge in [0, 0.05) is 46.8 Å². The second kappa shape index (κ2) is 9.53. The summed E-state index contributed by atoms with van der Waals surface area (Å²) in [7, 11) is 3.38. The van der Waals surface area contributed by atoms with E-state index in [1.807, 2.05) is 30.3 Å². The van der Waals surface area contributed by atoms with Crippen LogP contribution in [0, 0.1) is 0 Å². The maximum Gasteiger partial charge on any atom is 0.124 e. The Morgan fingerprint density at radius 1 is 0.935 bits per heavy atom. The Bertz CT molecular complexity index is 1170. The molecular weight excluding hydrogens is 390 g/mol. The van der Waals surface area contributed by atoms with Crippen molar-refractivity contribution < 1.29 is 14.6 Å². The van der Waals surface area contributed by atoms with Crippen molar-refractivity contribution in [2.45, 2.75) is 25.9 Å². The summed E-state index contributed by atoms with van der Waals surface area (Å²) in [5.41, 5.74) is 6.03. The second-order valence-corrected chi connectivity index (χ2v) is 7.42. The Kier molecular flexibility index (Phi) is 6.38. The number of nitrogens with one attached hydrogen (secondary N) is 2. The van der Waals surface area contributed by atoms with Gasteiger partial charge < -0.3 is 24.9 Å². The number of rotatable bonds is 9. The highest BCUT2D eigenvalue weighted by molar-refractivity contribution is 5.84. The van der Waals surface area contributed by atoms with Crippen molar-refractivity contribution in [3.05, 3.63) is 77.7 Å². The molecule has 31 heavy (non-hydrogen) atoms. The zero-order valence-corrected chi connectivity index (χ0v) is 17.8. The molecule has 0 bridgehead atoms. The zero-order valence-electron chi connectivity index (χ0n) is 17.8. The van der Waals surface area contributed by atoms with Crippen LogP contribution in [0.3, 0.4) is 0 Å². The van der Waals surface area contributed by atoms with Crippen LogP contribution in [0.2, 0.25) is 0 Å². The van der Waals surface area contributed by atoms with E-state index < -0.39 is 0 Å². The number of ether oxygens (including phenoxy) is 2. The maximum atomic E-state index is 9.26. The van der Waals surface area contributed by atoms with Gasteiger partial charge in [0.15, 0.2) is 0 Å². The van der Waals surface area contributed by atoms with Crippen molar-refractivity contribution in [3.8, 4) is 11.5 Å². The van der Waals surface area contributed by atoms with Gasteiger partial charge in [-0.1, -0.05) is 6.07 Å². The third kappa shape index (κ3) is 4.81. The van der Waals surface area contributed by atoms with Gasteiger partial charge in [0.05, 0.1) is 26.5 Å². The first-order valence-corrected chi connectivity index (χ1v) is 10.3. The summed E-state index contributed by atoms with van der Waals surface area (Å²) in [6, 6.07) is 16.0. The minimum atomic E-state index is -0.0816. The zero-order chi connectivity index (χ0) is 21.6. The highest BCUT2D eigenvalue weighted by Crippen LogP contribution is 2.28. The molecule has 160 valence electrons. The van der Waals surface area contributed by atoms with E-state index in [0.29, 0.717) is 5.69 Å². The standard InChI is InChI=1S/C25H27N3O3/c1-30-22-8-9-23-18(15-27-24(23)14-22)5-3-4-17-6-7-19(13-25(17)31-2)28-20-10-11-26-21(12-20)16-29/h6-15,27,29H,3-5,16H2,1-2H3,(H,26,28). The number of nitrogens with zero attached hydrogens (tertiary/aromatic N) is 1. The lowest BCUT2D eigenvalue weighted by Crippen LogP contribution is -1.98. The van der Waals surface area contributed by atoms with Crippen molar-refractivity contribution >= 4 is 22.3 Å². The van der Waals surface area contributed by atoms with E-state index in [4.69, 9.17) is 9.47 Å². The lowest BCUT2D eigenvalue weighted by molar-refractivity contribution is 0.277. The molecule has 0 fully saturated rings. The Morgan fingerprint density at radius 2 is 1.77 bits per heavy atom. The summed E-state index contributed by atoms with van der Waals surface area (Å²) < 4.78 is 10.9. The third-order valence-electron chi connectivity index (χ3n) is 5.42. The summed E-state index contributed by atoms with van der Waals surface area (Å²) in [4.78, 5) is 7.45. The highest BCUT2D eigenvalue weighted by atomic mass is 16.5. The Hall–Kier alpha value is -3.51. The molecular formula is C25H27N3O3. The first-order valence-electron chi connectivity index (χ1n) is 10.3. The number of benzene rings is 2. The number of anilines is 2. The van der Waals surface area contributed by atoms with Crippen molar-refractivity contribution in [3.63, 3.8) is 0 Å². The minimum absolute atomic E-state index is 0.0816. The number of aromatic nitrogens is 2. The quantitative estimate of drug-likeness (QED) is 0.357. The number of fused-ring (bicyclic) bond motifs is 1. The number of pyridine rings is 1. The highest BCUT2D eigenvalue weighted by Gasteiger charge is 2.08. The Labute approximate surface area is 181 Å². The van der Waals surface area contributed by atoms with E-state index in [2.05, 4.69) is 39.7 Å². The van der Waals surface area contributed by atoms with E-state index in [0.717, 1.165) is 47.7 Å². The van der Waals surface area contributed by atoms with Crippen LogP contribution in [0.1, 0.15) is 23.2 Å². The van der Waals surface area contributed by atoms with Gasteiger partial charge >= 0.3 is 0 Å². The molecule has 0 amide bonds. The summed E-state index contributed by atoms with van der Waals surface area (Å²) >= 11 is 0. The van der Waals surface area contributed by atoms with Crippen LogP contribution >= 0.6 is 0 Å². The monoisotopic (exact) mass is 417 g/mol. The number of hydrogen-bond donors (Lipinski definition) is 3. The molecule has 3 N–H and O–H groups in total. The molecule has 0 radical (unpaired) electrons. The molecule has 0 spiro atoms. The molecule has 2 heterocycles. The average Bonchev–Trinajstić information content (AvgIpc) is 3.22. The van der Waals surface area contributed by atoms with Crippen LogP contribution in [-0.4, -0.2) is 29.3 Å². The molecule has 0 unspecified atom stereocenters. The fraction of sp³-hybridized carbons (Fsp3) is 0.240. The van der Waals surface area contributed by atoms with Gasteiger partial charge in [-0.3, -0.25) is 4.98 Å². The first-order chi connectivity index (χ1) is 15.2. The van der Waals surface area contributed by atoms with E-state index in [1.165, 1.54) is 16.5 Å². The number of aryl methyl sites for hydroxylation is 2. The van der Waals surface area contributed by atoms with Gasteiger partial charge in [0.2, 0.25) is 0 Å². The molecule has 6 heteroatoms. The molecule has 0 saturated carbocycles. The number of methoxy groups -OCH3 is 2. The fourth-order valence-electron chi connectivity index (χ4n) is 3.81.